The van der Waals surface area contributed by atoms with E-state index in [1.165, 1.54) is 5.56 Å². The van der Waals surface area contributed by atoms with Crippen molar-refractivity contribution in [1.29, 1.82) is 0 Å². The van der Waals surface area contributed by atoms with Gasteiger partial charge in [0.05, 0.1) is 0 Å². The smallest absolute Gasteiger partial charge is 0.312 e. The first-order valence-electron chi connectivity index (χ1n) is 13.2. The van der Waals surface area contributed by atoms with Crippen LogP contribution in [0.5, 0.6) is 0 Å². The van der Waals surface area contributed by atoms with Gasteiger partial charge in [-0.1, -0.05) is 60.6 Å². The maximum atomic E-state index is 13.2. The minimum absolute atomic E-state index is 0.00203. The van der Waals surface area contributed by atoms with Crippen LogP contribution in [0, 0.1) is 17.3 Å². The highest BCUT2D eigenvalue weighted by atomic mass is 16.2. The first-order valence-corrected chi connectivity index (χ1v) is 13.2. The molecule has 1 aromatic carbocycles. The van der Waals surface area contributed by atoms with Gasteiger partial charge in [0.2, 0.25) is 17.7 Å². The molecule has 0 aliphatic rings. The summed E-state index contributed by atoms with van der Waals surface area (Å²) in [4.78, 5) is 49.8. The molecule has 0 saturated carbocycles. The Hall–Kier alpha value is -3.10. The minimum Gasteiger partial charge on any atom is -0.352 e. The van der Waals surface area contributed by atoms with Crippen molar-refractivity contribution in [2.75, 3.05) is 11.9 Å². The quantitative estimate of drug-likeness (QED) is 0.240. The number of benzene rings is 1. The molecule has 9 nitrogen and oxygen atoms in total. The lowest BCUT2D eigenvalue weighted by atomic mass is 9.90. The number of hydrogen-bond donors (Lipinski definition) is 5. The molecule has 0 saturated heterocycles. The molecule has 2 atom stereocenters. The molecule has 9 heteroatoms. The van der Waals surface area contributed by atoms with Crippen LogP contribution in [-0.4, -0.2) is 42.4 Å². The Labute approximate surface area is 222 Å². The molecule has 1 aromatic rings. The number of carbonyl (C=O) groups is 4. The summed E-state index contributed by atoms with van der Waals surface area (Å²) in [5, 5.41) is 11.0. The van der Waals surface area contributed by atoms with Crippen LogP contribution in [-0.2, 0) is 20.8 Å². The average molecular weight is 518 g/mol. The van der Waals surface area contributed by atoms with E-state index >= 15 is 0 Å². The molecule has 0 fully saturated rings. The summed E-state index contributed by atoms with van der Waals surface area (Å²) in [7, 11) is 0. The van der Waals surface area contributed by atoms with Gasteiger partial charge in [0.25, 0.3) is 0 Å². The topological polar surface area (TPSA) is 142 Å². The van der Waals surface area contributed by atoms with E-state index in [4.69, 9.17) is 5.73 Å². The number of nitrogens with one attached hydrogen (secondary N) is 4. The fourth-order valence-electron chi connectivity index (χ4n) is 3.74. The van der Waals surface area contributed by atoms with Gasteiger partial charge in [0.1, 0.15) is 12.1 Å². The van der Waals surface area contributed by atoms with Gasteiger partial charge in [-0.15, -0.1) is 0 Å². The van der Waals surface area contributed by atoms with Crippen LogP contribution < -0.4 is 27.0 Å². The van der Waals surface area contributed by atoms with E-state index in [1.54, 1.807) is 0 Å². The Balaban J connectivity index is 2.91. The second-order valence-corrected chi connectivity index (χ2v) is 11.6. The monoisotopic (exact) mass is 517 g/mol. The molecule has 5 amide bonds. The van der Waals surface area contributed by atoms with E-state index in [2.05, 4.69) is 55.9 Å². The molecule has 208 valence electrons. The molecule has 0 aromatic heterocycles. The van der Waals surface area contributed by atoms with Crippen LogP contribution in [0.4, 0.5) is 10.5 Å². The molecular formula is C28H47N5O4. The van der Waals surface area contributed by atoms with Crippen molar-refractivity contribution in [2.45, 2.75) is 92.7 Å². The van der Waals surface area contributed by atoms with Crippen LogP contribution >= 0.6 is 0 Å². The number of hydrogen-bond acceptors (Lipinski definition) is 4. The Morgan fingerprint density at radius 2 is 1.54 bits per heavy atom. The second kappa shape index (κ2) is 15.2. The molecule has 0 radical (unpaired) electrons. The summed E-state index contributed by atoms with van der Waals surface area (Å²) in [5.74, 6) is -0.638. The zero-order valence-corrected chi connectivity index (χ0v) is 23.6. The molecule has 0 aliphatic carbocycles. The predicted octanol–water partition coefficient (Wildman–Crippen LogP) is 3.72. The van der Waals surface area contributed by atoms with Crippen molar-refractivity contribution in [3.8, 4) is 0 Å². The SMILES string of the molecule is CC(C)Cc1ccc(NC(=O)[C@H](CCCNC(N)=O)NC(=O)C(NC(=O)CCC(C)(C)C)C(C)C)cc1. The maximum absolute atomic E-state index is 13.2. The Kier molecular flexibility index (Phi) is 13.1. The van der Waals surface area contributed by atoms with Crippen LogP contribution in [0.3, 0.4) is 0 Å². The molecule has 1 unspecified atom stereocenters. The molecule has 0 heterocycles. The van der Waals surface area contributed by atoms with Crippen molar-refractivity contribution >= 4 is 29.4 Å². The number of carbonyl (C=O) groups excluding carboxylic acids is 4. The number of amides is 5. The van der Waals surface area contributed by atoms with Crippen molar-refractivity contribution in [2.24, 2.45) is 23.0 Å². The Morgan fingerprint density at radius 3 is 2.05 bits per heavy atom. The van der Waals surface area contributed by atoms with Crippen LogP contribution in [0.25, 0.3) is 0 Å². The summed E-state index contributed by atoms with van der Waals surface area (Å²) in [6.07, 6.45) is 2.66. The molecule has 0 aliphatic heterocycles. The van der Waals surface area contributed by atoms with Gasteiger partial charge in [-0.2, -0.15) is 0 Å². The van der Waals surface area contributed by atoms with Gasteiger partial charge in [-0.05, 0) is 60.6 Å². The Bertz CT molecular complexity index is 891. The fourth-order valence-corrected chi connectivity index (χ4v) is 3.74. The molecule has 1 rings (SSSR count). The lowest BCUT2D eigenvalue weighted by Crippen LogP contribution is -2.54. The second-order valence-electron chi connectivity index (χ2n) is 11.6. The summed E-state index contributed by atoms with van der Waals surface area (Å²) < 4.78 is 0. The maximum Gasteiger partial charge on any atom is 0.312 e. The van der Waals surface area contributed by atoms with E-state index in [1.807, 2.05) is 38.1 Å². The van der Waals surface area contributed by atoms with Gasteiger partial charge in [0, 0.05) is 18.7 Å². The zero-order valence-electron chi connectivity index (χ0n) is 23.6. The van der Waals surface area contributed by atoms with Crippen LogP contribution in [0.15, 0.2) is 24.3 Å². The molecule has 6 N–H and O–H groups in total. The van der Waals surface area contributed by atoms with Crippen molar-refractivity contribution in [3.63, 3.8) is 0 Å². The van der Waals surface area contributed by atoms with Crippen molar-refractivity contribution < 1.29 is 19.2 Å². The largest absolute Gasteiger partial charge is 0.352 e. The summed E-state index contributed by atoms with van der Waals surface area (Å²) in [6, 6.07) is 5.35. The van der Waals surface area contributed by atoms with Gasteiger partial charge in [0.15, 0.2) is 0 Å². The van der Waals surface area contributed by atoms with Gasteiger partial charge >= 0.3 is 6.03 Å². The molecule has 0 spiro atoms. The van der Waals surface area contributed by atoms with E-state index in [0.717, 1.165) is 6.42 Å². The highest BCUT2D eigenvalue weighted by Gasteiger charge is 2.29. The third-order valence-corrected chi connectivity index (χ3v) is 5.83. The summed E-state index contributed by atoms with van der Waals surface area (Å²) >= 11 is 0. The summed E-state index contributed by atoms with van der Waals surface area (Å²) in [6.45, 7) is 14.4. The van der Waals surface area contributed by atoms with Gasteiger partial charge in [-0.25, -0.2) is 4.79 Å². The lowest BCUT2D eigenvalue weighted by Gasteiger charge is -2.26. The van der Waals surface area contributed by atoms with Crippen LogP contribution in [0.2, 0.25) is 0 Å². The average Bonchev–Trinajstić information content (AvgIpc) is 2.78. The zero-order chi connectivity index (χ0) is 28.2. The normalized spacial score (nSPS) is 13.1. The van der Waals surface area contributed by atoms with Gasteiger partial charge in [-0.3, -0.25) is 14.4 Å². The molecule has 0 bridgehead atoms. The van der Waals surface area contributed by atoms with E-state index < -0.39 is 24.0 Å². The highest BCUT2D eigenvalue weighted by Crippen LogP contribution is 2.20. The molecular weight excluding hydrogens is 470 g/mol. The van der Waals surface area contributed by atoms with Gasteiger partial charge < -0.3 is 27.0 Å². The number of anilines is 1. The van der Waals surface area contributed by atoms with Crippen molar-refractivity contribution in [1.82, 2.24) is 16.0 Å². The first kappa shape index (κ1) is 31.9. The first-order chi connectivity index (χ1) is 17.2. The summed E-state index contributed by atoms with van der Waals surface area (Å²) in [5.41, 5.74) is 6.93. The number of rotatable bonds is 14. The number of nitrogens with two attached hydrogens (primary N) is 1. The van der Waals surface area contributed by atoms with Crippen molar-refractivity contribution in [3.05, 3.63) is 29.8 Å². The van der Waals surface area contributed by atoms with Crippen LogP contribution in [0.1, 0.15) is 79.7 Å². The lowest BCUT2D eigenvalue weighted by molar-refractivity contribution is -0.132. The highest BCUT2D eigenvalue weighted by molar-refractivity contribution is 5.98. The standard InChI is InChI=1S/C28H47N5O4/c1-18(2)17-20-10-12-21(13-11-20)31-25(35)22(9-8-16-30-27(29)37)32-26(36)24(19(3)4)33-23(34)14-15-28(5,6)7/h10-13,18-19,22,24H,8-9,14-17H2,1-7H3,(H,31,35)(H,32,36)(H,33,34)(H3,29,30,37)/t22-,24?/m0/s1. The predicted molar refractivity (Wildman–Crippen MR) is 148 cm³/mol. The molecule has 37 heavy (non-hydrogen) atoms. The number of primary amides is 1. The third-order valence-electron chi connectivity index (χ3n) is 5.83. The minimum atomic E-state index is -0.856. The van der Waals surface area contributed by atoms with E-state index in [9.17, 15) is 19.2 Å². The van der Waals surface area contributed by atoms with E-state index in [0.29, 0.717) is 30.9 Å². The van der Waals surface area contributed by atoms with E-state index in [-0.39, 0.29) is 36.1 Å². The third kappa shape index (κ3) is 13.7. The number of urea groups is 1. The Morgan fingerprint density at radius 1 is 0.919 bits per heavy atom. The fraction of sp³-hybridized carbons (Fsp3) is 0.643.